The van der Waals surface area contributed by atoms with Crippen molar-refractivity contribution in [3.63, 3.8) is 0 Å². The Labute approximate surface area is 150 Å². The number of carbonyl (C=O) groups is 1. The zero-order valence-electron chi connectivity index (χ0n) is 15.3. The van der Waals surface area contributed by atoms with E-state index in [4.69, 9.17) is 4.52 Å². The number of piperazine rings is 1. The van der Waals surface area contributed by atoms with Crippen LogP contribution in [0, 0.1) is 0 Å². The van der Waals surface area contributed by atoms with Gasteiger partial charge in [0.05, 0.1) is 0 Å². The molecule has 3 fully saturated rings. The van der Waals surface area contributed by atoms with E-state index >= 15 is 0 Å². The number of hydrogen-bond acceptors (Lipinski definition) is 5. The van der Waals surface area contributed by atoms with Crippen molar-refractivity contribution < 1.29 is 9.32 Å². The molecule has 2 aliphatic heterocycles. The van der Waals surface area contributed by atoms with E-state index in [-0.39, 0.29) is 5.91 Å². The normalized spacial score (nSPS) is 24.0. The molecule has 1 amide bonds. The average molecular weight is 346 g/mol. The van der Waals surface area contributed by atoms with Gasteiger partial charge in [-0.2, -0.15) is 0 Å². The fraction of sp³-hybridized carbons (Fsp3) is 0.789. The lowest BCUT2D eigenvalue weighted by Gasteiger charge is -2.42. The van der Waals surface area contributed by atoms with Gasteiger partial charge in [0.2, 0.25) is 0 Å². The smallest absolute Gasteiger partial charge is 0.276 e. The van der Waals surface area contributed by atoms with E-state index in [0.717, 1.165) is 31.7 Å². The van der Waals surface area contributed by atoms with E-state index < -0.39 is 0 Å². The quantitative estimate of drug-likeness (QED) is 0.818. The zero-order valence-corrected chi connectivity index (χ0v) is 15.3. The maximum Gasteiger partial charge on any atom is 0.276 e. The summed E-state index contributed by atoms with van der Waals surface area (Å²) >= 11 is 0. The Kier molecular flexibility index (Phi) is 5.08. The fourth-order valence-electron chi connectivity index (χ4n) is 4.21. The molecule has 6 nitrogen and oxygen atoms in total. The number of amides is 1. The third kappa shape index (κ3) is 3.90. The molecule has 6 heteroatoms. The molecule has 1 aliphatic carbocycles. The molecule has 0 atom stereocenters. The highest BCUT2D eigenvalue weighted by Gasteiger charge is 2.32. The van der Waals surface area contributed by atoms with E-state index in [1.807, 2.05) is 11.0 Å². The monoisotopic (exact) mass is 346 g/mol. The molecule has 25 heavy (non-hydrogen) atoms. The molecule has 0 aromatic carbocycles. The Morgan fingerprint density at radius 3 is 2.48 bits per heavy atom. The van der Waals surface area contributed by atoms with Crippen LogP contribution in [0.1, 0.15) is 61.2 Å². The van der Waals surface area contributed by atoms with Crippen molar-refractivity contribution >= 4 is 5.91 Å². The summed E-state index contributed by atoms with van der Waals surface area (Å²) in [4.78, 5) is 19.8. The van der Waals surface area contributed by atoms with Crippen LogP contribution in [0.3, 0.4) is 0 Å². The molecule has 3 heterocycles. The summed E-state index contributed by atoms with van der Waals surface area (Å²) in [6.45, 7) is 9.88. The molecule has 0 N–H and O–H groups in total. The Morgan fingerprint density at radius 2 is 1.84 bits per heavy atom. The summed E-state index contributed by atoms with van der Waals surface area (Å²) in [5, 5.41) is 4.01. The van der Waals surface area contributed by atoms with Gasteiger partial charge in [-0.3, -0.25) is 9.69 Å². The first-order chi connectivity index (χ1) is 12.2. The largest absolute Gasteiger partial charge is 0.360 e. The SMILES string of the molecule is CCCN1CCN(C2CCN(C(=O)c3cc(C4CC4)on3)CC2)CC1. The van der Waals surface area contributed by atoms with Crippen molar-refractivity contribution in [3.05, 3.63) is 17.5 Å². The first-order valence-electron chi connectivity index (χ1n) is 9.97. The van der Waals surface area contributed by atoms with E-state index in [0.29, 0.717) is 17.7 Å². The number of carbonyl (C=O) groups excluding carboxylic acids is 1. The van der Waals surface area contributed by atoms with E-state index in [9.17, 15) is 4.79 Å². The van der Waals surface area contributed by atoms with Crippen LogP contribution in [0.15, 0.2) is 10.6 Å². The number of nitrogens with zero attached hydrogens (tertiary/aromatic N) is 4. The second kappa shape index (κ2) is 7.46. The van der Waals surface area contributed by atoms with Crippen LogP contribution in [0.25, 0.3) is 0 Å². The number of aromatic nitrogens is 1. The van der Waals surface area contributed by atoms with Gasteiger partial charge in [0.25, 0.3) is 5.91 Å². The topological polar surface area (TPSA) is 52.8 Å². The zero-order chi connectivity index (χ0) is 17.2. The predicted octanol–water partition coefficient (Wildman–Crippen LogP) is 2.18. The van der Waals surface area contributed by atoms with Crippen molar-refractivity contribution in [1.29, 1.82) is 0 Å². The Balaban J connectivity index is 1.25. The first-order valence-corrected chi connectivity index (χ1v) is 9.97. The van der Waals surface area contributed by atoms with Gasteiger partial charge in [0, 0.05) is 57.3 Å². The van der Waals surface area contributed by atoms with Crippen LogP contribution in [-0.2, 0) is 0 Å². The van der Waals surface area contributed by atoms with Gasteiger partial charge in [-0.1, -0.05) is 12.1 Å². The highest BCUT2D eigenvalue weighted by molar-refractivity contribution is 5.92. The Morgan fingerprint density at radius 1 is 1.12 bits per heavy atom. The summed E-state index contributed by atoms with van der Waals surface area (Å²) in [6, 6.07) is 2.49. The molecule has 1 saturated carbocycles. The highest BCUT2D eigenvalue weighted by Crippen LogP contribution is 2.40. The summed E-state index contributed by atoms with van der Waals surface area (Å²) in [7, 11) is 0. The van der Waals surface area contributed by atoms with E-state index in [2.05, 4.69) is 21.9 Å². The minimum absolute atomic E-state index is 0.0434. The van der Waals surface area contributed by atoms with Crippen LogP contribution in [0.5, 0.6) is 0 Å². The summed E-state index contributed by atoms with van der Waals surface area (Å²) in [5.74, 6) is 1.44. The molecule has 1 aromatic rings. The first kappa shape index (κ1) is 17.0. The van der Waals surface area contributed by atoms with Gasteiger partial charge >= 0.3 is 0 Å². The second-order valence-electron chi connectivity index (χ2n) is 7.79. The van der Waals surface area contributed by atoms with E-state index in [1.165, 1.54) is 52.0 Å². The second-order valence-corrected chi connectivity index (χ2v) is 7.79. The molecule has 0 radical (unpaired) electrons. The standard InChI is InChI=1S/C19H30N4O2/c1-2-7-21-10-12-22(13-11-21)16-5-8-23(9-6-16)19(24)17-14-18(25-20-17)15-3-4-15/h14-16H,2-13H2,1H3. The van der Waals surface area contributed by atoms with Crippen LogP contribution in [-0.4, -0.2) is 77.6 Å². The Bertz CT molecular complexity index is 582. The van der Waals surface area contributed by atoms with Crippen molar-refractivity contribution in [1.82, 2.24) is 19.9 Å². The number of rotatable bonds is 5. The lowest BCUT2D eigenvalue weighted by atomic mass is 10.0. The lowest BCUT2D eigenvalue weighted by Crippen LogP contribution is -2.53. The van der Waals surface area contributed by atoms with Crippen LogP contribution in [0.4, 0.5) is 0 Å². The minimum atomic E-state index is 0.0434. The van der Waals surface area contributed by atoms with Gasteiger partial charge in [0.1, 0.15) is 5.76 Å². The molecular weight excluding hydrogens is 316 g/mol. The highest BCUT2D eigenvalue weighted by atomic mass is 16.5. The molecule has 0 spiro atoms. The van der Waals surface area contributed by atoms with Crippen molar-refractivity contribution in [2.45, 2.75) is 51.0 Å². The lowest BCUT2D eigenvalue weighted by molar-refractivity contribution is 0.0475. The third-order valence-electron chi connectivity index (χ3n) is 5.94. The van der Waals surface area contributed by atoms with Crippen LogP contribution >= 0.6 is 0 Å². The predicted molar refractivity (Wildman–Crippen MR) is 95.7 cm³/mol. The van der Waals surface area contributed by atoms with Crippen molar-refractivity contribution in [2.75, 3.05) is 45.8 Å². The number of piperidine rings is 1. The van der Waals surface area contributed by atoms with Crippen LogP contribution in [0.2, 0.25) is 0 Å². The molecule has 1 aromatic heterocycles. The maximum atomic E-state index is 12.6. The van der Waals surface area contributed by atoms with Gasteiger partial charge in [-0.15, -0.1) is 0 Å². The van der Waals surface area contributed by atoms with Crippen molar-refractivity contribution in [2.24, 2.45) is 0 Å². The van der Waals surface area contributed by atoms with Gasteiger partial charge in [-0.05, 0) is 38.6 Å². The molecule has 3 aliphatic rings. The number of hydrogen-bond donors (Lipinski definition) is 0. The maximum absolute atomic E-state index is 12.6. The average Bonchev–Trinajstić information content (AvgIpc) is 3.39. The molecule has 0 bridgehead atoms. The summed E-state index contributed by atoms with van der Waals surface area (Å²) < 4.78 is 5.34. The van der Waals surface area contributed by atoms with Gasteiger partial charge in [0.15, 0.2) is 5.69 Å². The molecular formula is C19H30N4O2. The third-order valence-corrected chi connectivity index (χ3v) is 5.94. The molecule has 0 unspecified atom stereocenters. The van der Waals surface area contributed by atoms with Gasteiger partial charge in [-0.25, -0.2) is 0 Å². The summed E-state index contributed by atoms with van der Waals surface area (Å²) in [6.07, 6.45) is 5.73. The molecule has 4 rings (SSSR count). The molecule has 2 saturated heterocycles. The minimum Gasteiger partial charge on any atom is -0.360 e. The summed E-state index contributed by atoms with van der Waals surface area (Å²) in [5.41, 5.74) is 0.494. The van der Waals surface area contributed by atoms with Gasteiger partial charge < -0.3 is 14.3 Å². The number of likely N-dealkylation sites (tertiary alicyclic amines) is 1. The van der Waals surface area contributed by atoms with Crippen molar-refractivity contribution in [3.8, 4) is 0 Å². The van der Waals surface area contributed by atoms with Crippen LogP contribution < -0.4 is 0 Å². The fourth-order valence-corrected chi connectivity index (χ4v) is 4.21. The molecule has 138 valence electrons. The van der Waals surface area contributed by atoms with E-state index in [1.54, 1.807) is 0 Å². The Hall–Kier alpha value is -1.40.